The van der Waals surface area contributed by atoms with Crippen molar-refractivity contribution in [2.24, 2.45) is 17.8 Å². The van der Waals surface area contributed by atoms with Gasteiger partial charge < -0.3 is 5.32 Å². The molecule has 0 bridgehead atoms. The van der Waals surface area contributed by atoms with Gasteiger partial charge >= 0.3 is 0 Å². The van der Waals surface area contributed by atoms with Crippen LogP contribution in [0.3, 0.4) is 0 Å². The highest BCUT2D eigenvalue weighted by atomic mass is 14.8. The fourth-order valence-corrected chi connectivity index (χ4v) is 3.70. The third-order valence-electron chi connectivity index (χ3n) is 5.04. The SMILES string of the molecule is CCC1CCC(CNC)C(Cc2ccccc2C)C1. The van der Waals surface area contributed by atoms with Crippen molar-refractivity contribution in [3.05, 3.63) is 35.4 Å². The summed E-state index contributed by atoms with van der Waals surface area (Å²) >= 11 is 0. The van der Waals surface area contributed by atoms with Gasteiger partial charge in [-0.15, -0.1) is 0 Å². The summed E-state index contributed by atoms with van der Waals surface area (Å²) in [6.45, 7) is 5.80. The Morgan fingerprint density at radius 3 is 2.63 bits per heavy atom. The van der Waals surface area contributed by atoms with Gasteiger partial charge in [-0.3, -0.25) is 0 Å². The van der Waals surface area contributed by atoms with Crippen LogP contribution in [0, 0.1) is 24.7 Å². The molecule has 0 heterocycles. The zero-order chi connectivity index (χ0) is 13.7. The maximum absolute atomic E-state index is 3.40. The average molecular weight is 259 g/mol. The number of nitrogens with one attached hydrogen (secondary N) is 1. The molecule has 1 N–H and O–H groups in total. The lowest BCUT2D eigenvalue weighted by Gasteiger charge is -2.36. The Morgan fingerprint density at radius 1 is 1.16 bits per heavy atom. The molecular weight excluding hydrogens is 230 g/mol. The minimum Gasteiger partial charge on any atom is -0.319 e. The molecule has 0 aliphatic heterocycles. The van der Waals surface area contributed by atoms with Gasteiger partial charge in [-0.25, -0.2) is 0 Å². The van der Waals surface area contributed by atoms with Gasteiger partial charge in [-0.05, 0) is 68.7 Å². The second-order valence-corrected chi connectivity index (χ2v) is 6.30. The maximum atomic E-state index is 3.40. The molecule has 1 heteroatoms. The first-order valence-electron chi connectivity index (χ1n) is 7.93. The Kier molecular flexibility index (Phi) is 5.45. The minimum absolute atomic E-state index is 0.868. The van der Waals surface area contributed by atoms with E-state index in [0.29, 0.717) is 0 Å². The van der Waals surface area contributed by atoms with Crippen LogP contribution in [0.5, 0.6) is 0 Å². The van der Waals surface area contributed by atoms with Crippen LogP contribution in [0.25, 0.3) is 0 Å². The Morgan fingerprint density at radius 2 is 1.95 bits per heavy atom. The first-order chi connectivity index (χ1) is 9.24. The van der Waals surface area contributed by atoms with Crippen molar-refractivity contribution in [2.45, 2.75) is 46.0 Å². The number of benzene rings is 1. The first-order valence-corrected chi connectivity index (χ1v) is 7.93. The van der Waals surface area contributed by atoms with E-state index >= 15 is 0 Å². The second kappa shape index (κ2) is 7.09. The Balaban J connectivity index is 2.07. The van der Waals surface area contributed by atoms with Crippen LogP contribution >= 0.6 is 0 Å². The molecule has 1 fully saturated rings. The van der Waals surface area contributed by atoms with Crippen molar-refractivity contribution in [1.82, 2.24) is 5.32 Å². The van der Waals surface area contributed by atoms with Crippen LogP contribution < -0.4 is 5.32 Å². The standard InChI is InChI=1S/C18H29N/c1-4-15-9-10-17(13-19-3)18(11-15)12-16-8-6-5-7-14(16)2/h5-8,15,17-19H,4,9-13H2,1-3H3. The molecule has 0 saturated heterocycles. The lowest BCUT2D eigenvalue weighted by Crippen LogP contribution is -2.33. The van der Waals surface area contributed by atoms with E-state index in [1.54, 1.807) is 5.56 Å². The van der Waals surface area contributed by atoms with Crippen molar-refractivity contribution in [3.63, 3.8) is 0 Å². The highest BCUT2D eigenvalue weighted by Gasteiger charge is 2.29. The molecule has 0 amide bonds. The predicted octanol–water partition coefficient (Wildman–Crippen LogP) is 4.20. The summed E-state index contributed by atoms with van der Waals surface area (Å²) in [6, 6.07) is 8.92. The average Bonchev–Trinajstić information content (AvgIpc) is 2.43. The van der Waals surface area contributed by atoms with Crippen LogP contribution in [-0.2, 0) is 6.42 Å². The van der Waals surface area contributed by atoms with E-state index in [0.717, 1.165) is 17.8 Å². The van der Waals surface area contributed by atoms with Crippen molar-refractivity contribution < 1.29 is 0 Å². The van der Waals surface area contributed by atoms with Crippen LogP contribution in [-0.4, -0.2) is 13.6 Å². The summed E-state index contributed by atoms with van der Waals surface area (Å²) in [5, 5.41) is 3.40. The van der Waals surface area contributed by atoms with Crippen molar-refractivity contribution in [3.8, 4) is 0 Å². The molecule has 1 aromatic carbocycles. The van der Waals surface area contributed by atoms with E-state index in [1.807, 2.05) is 0 Å². The summed E-state index contributed by atoms with van der Waals surface area (Å²) in [7, 11) is 2.09. The summed E-state index contributed by atoms with van der Waals surface area (Å²) in [5.74, 6) is 2.70. The molecule has 3 atom stereocenters. The fraction of sp³-hybridized carbons (Fsp3) is 0.667. The van der Waals surface area contributed by atoms with Gasteiger partial charge in [0.1, 0.15) is 0 Å². The zero-order valence-corrected chi connectivity index (χ0v) is 12.8. The molecule has 1 saturated carbocycles. The molecule has 106 valence electrons. The van der Waals surface area contributed by atoms with Gasteiger partial charge in [0.05, 0.1) is 0 Å². The monoisotopic (exact) mass is 259 g/mol. The molecule has 0 aromatic heterocycles. The third kappa shape index (κ3) is 3.82. The van der Waals surface area contributed by atoms with Crippen LogP contribution in [0.15, 0.2) is 24.3 Å². The highest BCUT2D eigenvalue weighted by molar-refractivity contribution is 5.26. The lowest BCUT2D eigenvalue weighted by atomic mass is 9.70. The van der Waals surface area contributed by atoms with Gasteiger partial charge in [0.25, 0.3) is 0 Å². The van der Waals surface area contributed by atoms with E-state index in [2.05, 4.69) is 50.5 Å². The smallest absolute Gasteiger partial charge is 0.00208 e. The summed E-state index contributed by atoms with van der Waals surface area (Å²) in [5.41, 5.74) is 3.02. The summed E-state index contributed by atoms with van der Waals surface area (Å²) < 4.78 is 0. The van der Waals surface area contributed by atoms with Gasteiger partial charge in [0.2, 0.25) is 0 Å². The number of rotatable bonds is 5. The molecule has 1 aromatic rings. The zero-order valence-electron chi connectivity index (χ0n) is 12.8. The van der Waals surface area contributed by atoms with E-state index < -0.39 is 0 Å². The highest BCUT2D eigenvalue weighted by Crippen LogP contribution is 2.37. The third-order valence-corrected chi connectivity index (χ3v) is 5.04. The molecule has 0 radical (unpaired) electrons. The van der Waals surface area contributed by atoms with Crippen LogP contribution in [0.4, 0.5) is 0 Å². The van der Waals surface area contributed by atoms with Crippen molar-refractivity contribution >= 4 is 0 Å². The Bertz CT molecular complexity index is 385. The molecule has 3 unspecified atom stereocenters. The minimum atomic E-state index is 0.868. The second-order valence-electron chi connectivity index (χ2n) is 6.30. The molecule has 19 heavy (non-hydrogen) atoms. The van der Waals surface area contributed by atoms with Gasteiger partial charge in [0, 0.05) is 0 Å². The number of aryl methyl sites for hydroxylation is 1. The first kappa shape index (κ1) is 14.6. The largest absolute Gasteiger partial charge is 0.319 e. The van der Waals surface area contributed by atoms with Crippen molar-refractivity contribution in [2.75, 3.05) is 13.6 Å². The predicted molar refractivity (Wildman–Crippen MR) is 83.4 cm³/mol. The molecule has 2 rings (SSSR count). The van der Waals surface area contributed by atoms with Gasteiger partial charge in [0.15, 0.2) is 0 Å². The molecular formula is C18H29N. The van der Waals surface area contributed by atoms with Crippen LogP contribution in [0.1, 0.15) is 43.7 Å². The molecule has 1 aliphatic rings. The quantitative estimate of drug-likeness (QED) is 0.835. The Labute approximate surface area is 118 Å². The van der Waals surface area contributed by atoms with E-state index in [9.17, 15) is 0 Å². The number of hydrogen-bond acceptors (Lipinski definition) is 1. The fourth-order valence-electron chi connectivity index (χ4n) is 3.70. The van der Waals surface area contributed by atoms with Crippen molar-refractivity contribution in [1.29, 1.82) is 0 Å². The summed E-state index contributed by atoms with van der Waals surface area (Å²) in [6.07, 6.45) is 6.91. The molecule has 0 spiro atoms. The lowest BCUT2D eigenvalue weighted by molar-refractivity contribution is 0.173. The van der Waals surface area contributed by atoms with Gasteiger partial charge in [-0.1, -0.05) is 44.0 Å². The number of hydrogen-bond donors (Lipinski definition) is 1. The molecule has 1 nitrogen and oxygen atoms in total. The Hall–Kier alpha value is -0.820. The molecule has 1 aliphatic carbocycles. The topological polar surface area (TPSA) is 12.0 Å². The van der Waals surface area contributed by atoms with E-state index in [1.165, 1.54) is 44.2 Å². The maximum Gasteiger partial charge on any atom is -0.00208 e. The van der Waals surface area contributed by atoms with E-state index in [4.69, 9.17) is 0 Å². The normalized spacial score (nSPS) is 27.4. The van der Waals surface area contributed by atoms with Crippen LogP contribution in [0.2, 0.25) is 0 Å². The van der Waals surface area contributed by atoms with Gasteiger partial charge in [-0.2, -0.15) is 0 Å². The van der Waals surface area contributed by atoms with E-state index in [-0.39, 0.29) is 0 Å². The summed E-state index contributed by atoms with van der Waals surface area (Å²) in [4.78, 5) is 0.